The van der Waals surface area contributed by atoms with Crippen LogP contribution in [0.4, 0.5) is 4.39 Å². The van der Waals surface area contributed by atoms with Crippen molar-refractivity contribution in [3.8, 4) is 0 Å². The van der Waals surface area contributed by atoms with Crippen LogP contribution in [0.1, 0.15) is 20.8 Å². The average Bonchev–Trinajstić information content (AvgIpc) is 2.16. The van der Waals surface area contributed by atoms with E-state index in [2.05, 4.69) is 6.58 Å². The van der Waals surface area contributed by atoms with Gasteiger partial charge in [0.2, 0.25) is 0 Å². The van der Waals surface area contributed by atoms with Crippen LogP contribution in [-0.2, 0) is 4.74 Å². The lowest BCUT2D eigenvalue weighted by Crippen LogP contribution is -2.03. The second-order valence-corrected chi connectivity index (χ2v) is 2.77. The molecule has 0 bridgehead atoms. The molecule has 0 saturated carbocycles. The van der Waals surface area contributed by atoms with E-state index in [1.165, 1.54) is 0 Å². The van der Waals surface area contributed by atoms with E-state index in [0.717, 1.165) is 6.08 Å². The average molecular weight is 196 g/mol. The molecular weight excluding hydrogens is 179 g/mol. The monoisotopic (exact) mass is 196 g/mol. The predicted molar refractivity (Wildman–Crippen MR) is 58.5 cm³/mol. The van der Waals surface area contributed by atoms with Gasteiger partial charge in [-0.1, -0.05) is 18.7 Å². The van der Waals surface area contributed by atoms with Crippen molar-refractivity contribution >= 4 is 0 Å². The van der Waals surface area contributed by atoms with Crippen LogP contribution in [0.3, 0.4) is 0 Å². The van der Waals surface area contributed by atoms with Crippen molar-refractivity contribution in [2.45, 2.75) is 26.9 Å². The molecule has 0 aromatic rings. The summed E-state index contributed by atoms with van der Waals surface area (Å²) in [4.78, 5) is 0. The highest BCUT2D eigenvalue weighted by molar-refractivity contribution is 5.22. The van der Waals surface area contributed by atoms with E-state index in [4.69, 9.17) is 4.74 Å². The molecule has 0 aromatic carbocycles. The lowest BCUT2D eigenvalue weighted by Gasteiger charge is -2.11. The van der Waals surface area contributed by atoms with Gasteiger partial charge >= 0.3 is 0 Å². The van der Waals surface area contributed by atoms with Gasteiger partial charge in [-0.25, -0.2) is 4.39 Å². The minimum atomic E-state index is -0.445. The van der Waals surface area contributed by atoms with Crippen LogP contribution >= 0.6 is 0 Å². The predicted octanol–water partition coefficient (Wildman–Crippen LogP) is 3.91. The summed E-state index contributed by atoms with van der Waals surface area (Å²) in [5, 5.41) is 0. The van der Waals surface area contributed by atoms with Gasteiger partial charge in [0.05, 0.1) is 0 Å². The van der Waals surface area contributed by atoms with Crippen LogP contribution in [0.2, 0.25) is 0 Å². The van der Waals surface area contributed by atoms with Crippen molar-refractivity contribution in [3.63, 3.8) is 0 Å². The third-order valence-corrected chi connectivity index (χ3v) is 1.51. The molecule has 0 amide bonds. The van der Waals surface area contributed by atoms with E-state index in [0.29, 0.717) is 0 Å². The first-order valence-electron chi connectivity index (χ1n) is 4.60. The van der Waals surface area contributed by atoms with Crippen LogP contribution in [0.25, 0.3) is 0 Å². The molecule has 0 saturated heterocycles. The third-order valence-electron chi connectivity index (χ3n) is 1.51. The summed E-state index contributed by atoms with van der Waals surface area (Å²) in [6.45, 7) is 8.90. The van der Waals surface area contributed by atoms with Gasteiger partial charge in [0.1, 0.15) is 6.10 Å². The number of allylic oxidation sites excluding steroid dienone is 5. The summed E-state index contributed by atoms with van der Waals surface area (Å²) in [6, 6.07) is 0. The first kappa shape index (κ1) is 12.7. The zero-order chi connectivity index (χ0) is 11.0. The van der Waals surface area contributed by atoms with Gasteiger partial charge in [-0.05, 0) is 39.0 Å². The molecule has 0 fully saturated rings. The fraction of sp³-hybridized carbons (Fsp3) is 0.333. The Balaban J connectivity index is 4.62. The molecule has 0 aromatic heterocycles. The standard InChI is InChI=1S/C12H17FO/c1-5-8-10(4)14-12(9-6-2)11(13)7-3/h5-10H,3H2,1-2,4H3/b8-5+,9-6-,12-11-. The normalized spacial score (nSPS) is 15.7. The first-order chi connectivity index (χ1) is 6.65. The van der Waals surface area contributed by atoms with Crippen molar-refractivity contribution in [3.05, 3.63) is 48.5 Å². The molecule has 1 unspecified atom stereocenters. The summed E-state index contributed by atoms with van der Waals surface area (Å²) in [7, 11) is 0. The van der Waals surface area contributed by atoms with Crippen LogP contribution in [0.15, 0.2) is 48.5 Å². The second-order valence-electron chi connectivity index (χ2n) is 2.77. The number of halogens is 1. The highest BCUT2D eigenvalue weighted by atomic mass is 19.1. The van der Waals surface area contributed by atoms with Gasteiger partial charge in [0, 0.05) is 0 Å². The Hall–Kier alpha value is -1.31. The minimum Gasteiger partial charge on any atom is -0.484 e. The quantitative estimate of drug-likeness (QED) is 0.368. The van der Waals surface area contributed by atoms with E-state index in [1.54, 1.807) is 19.1 Å². The summed E-state index contributed by atoms with van der Waals surface area (Å²) in [6.07, 6.45) is 8.01. The topological polar surface area (TPSA) is 9.23 Å². The minimum absolute atomic E-state index is 0.142. The Kier molecular flexibility index (Phi) is 6.46. The summed E-state index contributed by atoms with van der Waals surface area (Å²) in [5.41, 5.74) is 0. The SMILES string of the molecule is C=C/C(F)=C(\C=C/C)OC(C)/C=C/C. The van der Waals surface area contributed by atoms with Crippen LogP contribution in [0.5, 0.6) is 0 Å². The lowest BCUT2D eigenvalue weighted by atomic mass is 10.3. The van der Waals surface area contributed by atoms with Gasteiger partial charge in [-0.3, -0.25) is 0 Å². The maximum absolute atomic E-state index is 13.1. The molecule has 0 heterocycles. The van der Waals surface area contributed by atoms with Crippen molar-refractivity contribution in [1.29, 1.82) is 0 Å². The van der Waals surface area contributed by atoms with Gasteiger partial charge in [-0.15, -0.1) is 0 Å². The highest BCUT2D eigenvalue weighted by Gasteiger charge is 2.04. The number of rotatable bonds is 5. The smallest absolute Gasteiger partial charge is 0.164 e. The fourth-order valence-corrected chi connectivity index (χ4v) is 0.938. The summed E-state index contributed by atoms with van der Waals surface area (Å²) in [5.74, 6) is -0.229. The molecule has 0 N–H and O–H groups in total. The molecule has 0 spiro atoms. The number of hydrogen-bond acceptors (Lipinski definition) is 1. The molecule has 1 nitrogen and oxygen atoms in total. The highest BCUT2D eigenvalue weighted by Crippen LogP contribution is 2.13. The van der Waals surface area contributed by atoms with Crippen molar-refractivity contribution in [1.82, 2.24) is 0 Å². The molecule has 1 atom stereocenters. The Labute approximate surface area is 85.3 Å². The van der Waals surface area contributed by atoms with Crippen LogP contribution in [0, 0.1) is 0 Å². The van der Waals surface area contributed by atoms with Crippen LogP contribution < -0.4 is 0 Å². The van der Waals surface area contributed by atoms with Crippen molar-refractivity contribution < 1.29 is 9.13 Å². The molecule has 0 radical (unpaired) electrons. The van der Waals surface area contributed by atoms with Gasteiger partial charge in [-0.2, -0.15) is 0 Å². The Morgan fingerprint density at radius 2 is 2.00 bits per heavy atom. The first-order valence-corrected chi connectivity index (χ1v) is 4.60. The van der Waals surface area contributed by atoms with E-state index in [9.17, 15) is 4.39 Å². The van der Waals surface area contributed by atoms with Crippen molar-refractivity contribution in [2.24, 2.45) is 0 Å². The van der Waals surface area contributed by atoms with E-state index in [-0.39, 0.29) is 11.9 Å². The number of ether oxygens (including phenoxy) is 1. The van der Waals surface area contributed by atoms with Gasteiger partial charge in [0.15, 0.2) is 11.6 Å². The molecule has 0 aliphatic heterocycles. The zero-order valence-electron chi connectivity index (χ0n) is 8.96. The molecule has 14 heavy (non-hydrogen) atoms. The maximum atomic E-state index is 13.1. The number of hydrogen-bond donors (Lipinski definition) is 0. The van der Waals surface area contributed by atoms with E-state index < -0.39 is 5.83 Å². The van der Waals surface area contributed by atoms with Gasteiger partial charge in [0.25, 0.3) is 0 Å². The summed E-state index contributed by atoms with van der Waals surface area (Å²) < 4.78 is 18.5. The van der Waals surface area contributed by atoms with Gasteiger partial charge < -0.3 is 4.74 Å². The van der Waals surface area contributed by atoms with E-state index in [1.807, 2.05) is 26.0 Å². The Morgan fingerprint density at radius 3 is 2.43 bits per heavy atom. The largest absolute Gasteiger partial charge is 0.484 e. The maximum Gasteiger partial charge on any atom is 0.164 e. The Bertz CT molecular complexity index is 261. The molecule has 2 heteroatoms. The van der Waals surface area contributed by atoms with Crippen molar-refractivity contribution in [2.75, 3.05) is 0 Å². The molecule has 0 aliphatic rings. The van der Waals surface area contributed by atoms with E-state index >= 15 is 0 Å². The van der Waals surface area contributed by atoms with Crippen LogP contribution in [-0.4, -0.2) is 6.10 Å². The fourth-order valence-electron chi connectivity index (χ4n) is 0.938. The molecule has 0 aliphatic carbocycles. The summed E-state index contributed by atoms with van der Waals surface area (Å²) >= 11 is 0. The molecule has 0 rings (SSSR count). The molecule has 78 valence electrons. The third kappa shape index (κ3) is 4.65. The lowest BCUT2D eigenvalue weighted by molar-refractivity contribution is 0.173. The Morgan fingerprint density at radius 1 is 1.36 bits per heavy atom. The second kappa shape index (κ2) is 7.13. The zero-order valence-corrected chi connectivity index (χ0v) is 8.96. The molecular formula is C12H17FO.